The van der Waals surface area contributed by atoms with Gasteiger partial charge in [0.05, 0.1) is 0 Å². The summed E-state index contributed by atoms with van der Waals surface area (Å²) in [6.45, 7) is 12.6. The second-order valence-corrected chi connectivity index (χ2v) is 8.34. The van der Waals surface area contributed by atoms with Gasteiger partial charge in [-0.25, -0.2) is 0 Å². The van der Waals surface area contributed by atoms with Crippen LogP contribution >= 0.6 is 0 Å². The average molecular weight is 321 g/mol. The quantitative estimate of drug-likeness (QED) is 0.490. The summed E-state index contributed by atoms with van der Waals surface area (Å²) in [7, 11) is -3.16. The lowest BCUT2D eigenvalue weighted by Gasteiger charge is -2.35. The fraction of sp³-hybridized carbons (Fsp3) is 0.929. The molecule has 0 aromatic rings. The van der Waals surface area contributed by atoms with Crippen LogP contribution in [0.5, 0.6) is 0 Å². The summed E-state index contributed by atoms with van der Waals surface area (Å²) in [5.74, 6) is -0.366. The van der Waals surface area contributed by atoms with Crippen LogP contribution in [0.3, 0.4) is 0 Å². The van der Waals surface area contributed by atoms with Gasteiger partial charge in [0.25, 0.3) is 0 Å². The normalized spacial score (nSPS) is 14.0. The summed E-state index contributed by atoms with van der Waals surface area (Å²) in [5.41, 5.74) is 4.49. The van der Waals surface area contributed by atoms with Gasteiger partial charge in [0.1, 0.15) is 11.1 Å². The maximum atomic E-state index is 12.5. The zero-order valence-electron chi connectivity index (χ0n) is 14.2. The lowest BCUT2D eigenvalue weighted by Crippen LogP contribution is -2.54. The van der Waals surface area contributed by atoms with Crippen LogP contribution in [0.15, 0.2) is 0 Å². The third kappa shape index (κ3) is 6.88. The minimum atomic E-state index is -3.16. The highest BCUT2D eigenvalue weighted by Gasteiger charge is 2.54. The molecule has 126 valence electrons. The fourth-order valence-electron chi connectivity index (χ4n) is 2.01. The summed E-state index contributed by atoms with van der Waals surface area (Å²) in [6, 6.07) is 0. The SMILES string of the molecule is CCO[Si](OCC)(OCC)C(CCN)C(=O)OC(C)(C)C. The first kappa shape index (κ1) is 20.5. The second-order valence-electron chi connectivity index (χ2n) is 5.57. The molecule has 0 radical (unpaired) electrons. The van der Waals surface area contributed by atoms with Gasteiger partial charge in [-0.2, -0.15) is 0 Å². The molecule has 0 aliphatic heterocycles. The number of hydrogen-bond donors (Lipinski definition) is 1. The van der Waals surface area contributed by atoms with Crippen molar-refractivity contribution in [1.82, 2.24) is 0 Å². The van der Waals surface area contributed by atoms with Crippen LogP contribution in [0.1, 0.15) is 48.0 Å². The molecule has 7 heteroatoms. The van der Waals surface area contributed by atoms with Crippen molar-refractivity contribution in [3.05, 3.63) is 0 Å². The van der Waals surface area contributed by atoms with Crippen molar-refractivity contribution in [3.63, 3.8) is 0 Å². The molecule has 0 rings (SSSR count). The van der Waals surface area contributed by atoms with Crippen LogP contribution < -0.4 is 5.73 Å². The van der Waals surface area contributed by atoms with Crippen LogP contribution in [0.25, 0.3) is 0 Å². The minimum absolute atomic E-state index is 0.339. The molecule has 1 unspecified atom stereocenters. The topological polar surface area (TPSA) is 80.0 Å². The lowest BCUT2D eigenvalue weighted by molar-refractivity contribution is -0.156. The number of nitrogens with two attached hydrogens (primary N) is 1. The summed E-state index contributed by atoms with van der Waals surface area (Å²) in [4.78, 5) is 12.5. The second kappa shape index (κ2) is 9.53. The van der Waals surface area contributed by atoms with Crippen LogP contribution in [0, 0.1) is 0 Å². The van der Waals surface area contributed by atoms with Gasteiger partial charge < -0.3 is 23.7 Å². The molecule has 0 spiro atoms. The molecule has 0 aromatic heterocycles. The first-order valence-electron chi connectivity index (χ1n) is 7.61. The van der Waals surface area contributed by atoms with Crippen molar-refractivity contribution in [2.24, 2.45) is 5.73 Å². The van der Waals surface area contributed by atoms with E-state index in [1.807, 2.05) is 41.5 Å². The van der Waals surface area contributed by atoms with Gasteiger partial charge >= 0.3 is 14.8 Å². The van der Waals surface area contributed by atoms with E-state index >= 15 is 0 Å². The highest BCUT2D eigenvalue weighted by atomic mass is 28.4. The molecule has 0 aromatic carbocycles. The van der Waals surface area contributed by atoms with Crippen LogP contribution in [0.2, 0.25) is 5.54 Å². The third-order valence-electron chi connectivity index (χ3n) is 2.61. The van der Waals surface area contributed by atoms with Crippen molar-refractivity contribution in [3.8, 4) is 0 Å². The number of rotatable bonds is 10. The zero-order valence-corrected chi connectivity index (χ0v) is 15.2. The Kier molecular flexibility index (Phi) is 9.31. The fourth-order valence-corrected chi connectivity index (χ4v) is 4.94. The standard InChI is InChI=1S/C14H31NO5Si/c1-7-17-21(18-8-2,19-9-3)12(10-11-15)13(16)20-14(4,5)6/h12H,7-11,15H2,1-6H3. The molecule has 0 fully saturated rings. The predicted molar refractivity (Wildman–Crippen MR) is 83.9 cm³/mol. The predicted octanol–water partition coefficient (Wildman–Crippen LogP) is 2.10. The Morgan fingerprint density at radius 2 is 1.48 bits per heavy atom. The van der Waals surface area contributed by atoms with Crippen LogP contribution in [-0.2, 0) is 22.8 Å². The van der Waals surface area contributed by atoms with Crippen LogP contribution in [-0.4, -0.2) is 46.7 Å². The van der Waals surface area contributed by atoms with Crippen molar-refractivity contribution < 1.29 is 22.8 Å². The summed E-state index contributed by atoms with van der Waals surface area (Å²) < 4.78 is 22.9. The van der Waals surface area contributed by atoms with E-state index in [2.05, 4.69) is 0 Å². The molecule has 2 N–H and O–H groups in total. The van der Waals surface area contributed by atoms with E-state index in [0.29, 0.717) is 32.8 Å². The van der Waals surface area contributed by atoms with E-state index in [4.69, 9.17) is 23.7 Å². The van der Waals surface area contributed by atoms with Crippen molar-refractivity contribution in [2.75, 3.05) is 26.4 Å². The Balaban J connectivity index is 5.41. The molecular formula is C14H31NO5Si. The molecule has 0 aliphatic rings. The maximum absolute atomic E-state index is 12.5. The van der Waals surface area contributed by atoms with E-state index in [-0.39, 0.29) is 5.97 Å². The van der Waals surface area contributed by atoms with Gasteiger partial charge in [-0.05, 0) is 54.5 Å². The van der Waals surface area contributed by atoms with Crippen molar-refractivity contribution in [1.29, 1.82) is 0 Å². The average Bonchev–Trinajstić information content (AvgIpc) is 2.34. The Labute approximate surface area is 129 Å². The van der Waals surface area contributed by atoms with Crippen LogP contribution in [0.4, 0.5) is 0 Å². The monoisotopic (exact) mass is 321 g/mol. The Hall–Kier alpha value is -0.473. The van der Waals surface area contributed by atoms with Crippen molar-refractivity contribution >= 4 is 14.8 Å². The molecule has 6 nitrogen and oxygen atoms in total. The Morgan fingerprint density at radius 3 is 1.76 bits per heavy atom. The molecular weight excluding hydrogens is 290 g/mol. The van der Waals surface area contributed by atoms with E-state index in [1.54, 1.807) is 0 Å². The van der Waals surface area contributed by atoms with Gasteiger partial charge in [0.2, 0.25) is 0 Å². The molecule has 0 aliphatic carbocycles. The molecule has 0 saturated heterocycles. The van der Waals surface area contributed by atoms with E-state index < -0.39 is 19.9 Å². The summed E-state index contributed by atoms with van der Waals surface area (Å²) in [6.07, 6.45) is 0.418. The largest absolute Gasteiger partial charge is 0.515 e. The van der Waals surface area contributed by atoms with E-state index in [0.717, 1.165) is 0 Å². The van der Waals surface area contributed by atoms with Gasteiger partial charge in [-0.3, -0.25) is 4.79 Å². The van der Waals surface area contributed by atoms with Crippen molar-refractivity contribution in [2.45, 2.75) is 59.1 Å². The molecule has 0 amide bonds. The van der Waals surface area contributed by atoms with Gasteiger partial charge in [0.15, 0.2) is 0 Å². The first-order valence-corrected chi connectivity index (χ1v) is 9.41. The Bertz CT molecular complexity index is 289. The number of ether oxygens (including phenoxy) is 1. The van der Waals surface area contributed by atoms with Gasteiger partial charge in [0, 0.05) is 19.8 Å². The Morgan fingerprint density at radius 1 is 1.05 bits per heavy atom. The maximum Gasteiger partial charge on any atom is 0.515 e. The minimum Gasteiger partial charge on any atom is -0.460 e. The number of esters is 1. The van der Waals surface area contributed by atoms with E-state index in [9.17, 15) is 4.79 Å². The highest BCUT2D eigenvalue weighted by molar-refractivity contribution is 6.66. The zero-order chi connectivity index (χ0) is 16.5. The number of carbonyl (C=O) groups is 1. The summed E-state index contributed by atoms with van der Waals surface area (Å²) in [5, 5.41) is 0. The van der Waals surface area contributed by atoms with Gasteiger partial charge in [-0.1, -0.05) is 0 Å². The lowest BCUT2D eigenvalue weighted by atomic mass is 10.2. The summed E-state index contributed by atoms with van der Waals surface area (Å²) >= 11 is 0. The van der Waals surface area contributed by atoms with Gasteiger partial charge in [-0.15, -0.1) is 0 Å². The molecule has 0 bridgehead atoms. The third-order valence-corrected chi connectivity index (χ3v) is 6.06. The first-order chi connectivity index (χ1) is 9.76. The number of hydrogen-bond acceptors (Lipinski definition) is 6. The molecule has 21 heavy (non-hydrogen) atoms. The molecule has 0 heterocycles. The molecule has 1 atom stereocenters. The smallest absolute Gasteiger partial charge is 0.460 e. The number of carbonyl (C=O) groups excluding carboxylic acids is 1. The van der Waals surface area contributed by atoms with E-state index in [1.165, 1.54) is 0 Å². The molecule has 0 saturated carbocycles. The highest BCUT2D eigenvalue weighted by Crippen LogP contribution is 2.31.